The van der Waals surface area contributed by atoms with Gasteiger partial charge in [0, 0.05) is 26.2 Å². The van der Waals surface area contributed by atoms with Gasteiger partial charge >= 0.3 is 0 Å². The first-order valence-electron chi connectivity index (χ1n) is 8.93. The second-order valence-electron chi connectivity index (χ2n) is 6.81. The third-order valence-corrected chi connectivity index (χ3v) is 4.69. The van der Waals surface area contributed by atoms with E-state index >= 15 is 0 Å². The van der Waals surface area contributed by atoms with Crippen LogP contribution in [0.4, 0.5) is 0 Å². The summed E-state index contributed by atoms with van der Waals surface area (Å²) in [7, 11) is 2.21. The lowest BCUT2D eigenvalue weighted by Crippen LogP contribution is -2.44. The van der Waals surface area contributed by atoms with E-state index in [2.05, 4.69) is 54.1 Å². The molecule has 0 N–H and O–H groups in total. The van der Waals surface area contributed by atoms with Gasteiger partial charge < -0.3 is 14.5 Å². The normalized spacial score (nSPS) is 16.2. The Morgan fingerprint density at radius 2 is 1.67 bits per heavy atom. The molecular formula is C21H28N2O. The number of likely N-dealkylation sites (N-methyl/N-ethyl adjacent to an activating group) is 1. The van der Waals surface area contributed by atoms with E-state index in [1.807, 2.05) is 18.2 Å². The van der Waals surface area contributed by atoms with Crippen LogP contribution in [0.15, 0.2) is 48.5 Å². The highest BCUT2D eigenvalue weighted by Crippen LogP contribution is 2.23. The van der Waals surface area contributed by atoms with E-state index in [9.17, 15) is 0 Å². The predicted molar refractivity (Wildman–Crippen MR) is 100.0 cm³/mol. The molecule has 3 rings (SSSR count). The van der Waals surface area contributed by atoms with Crippen LogP contribution in [-0.4, -0.2) is 49.6 Å². The van der Waals surface area contributed by atoms with E-state index < -0.39 is 0 Å². The van der Waals surface area contributed by atoms with Gasteiger partial charge in [0.05, 0.1) is 0 Å². The first-order valence-corrected chi connectivity index (χ1v) is 8.93. The minimum atomic E-state index is 0.898. The predicted octanol–water partition coefficient (Wildman–Crippen LogP) is 3.97. The summed E-state index contributed by atoms with van der Waals surface area (Å²) in [5.74, 6) is 1.83. The lowest BCUT2D eigenvalue weighted by atomic mass is 10.1. The zero-order valence-electron chi connectivity index (χ0n) is 14.9. The second kappa shape index (κ2) is 8.32. The summed E-state index contributed by atoms with van der Waals surface area (Å²) in [5, 5.41) is 0. The topological polar surface area (TPSA) is 15.7 Å². The van der Waals surface area contributed by atoms with Crippen molar-refractivity contribution in [3.63, 3.8) is 0 Å². The first kappa shape index (κ1) is 17.0. The number of ether oxygens (including phenoxy) is 1. The van der Waals surface area contributed by atoms with Gasteiger partial charge in [-0.1, -0.05) is 29.8 Å². The molecule has 2 aromatic carbocycles. The average molecular weight is 324 g/mol. The van der Waals surface area contributed by atoms with E-state index in [1.165, 1.54) is 50.3 Å². The van der Waals surface area contributed by atoms with E-state index in [0.717, 1.165) is 17.9 Å². The SMILES string of the molecule is Cc1ccc(Oc2cccc(CCCN3CCN(C)CC3)c2)cc1. The van der Waals surface area contributed by atoms with Crippen molar-refractivity contribution in [1.29, 1.82) is 0 Å². The summed E-state index contributed by atoms with van der Waals surface area (Å²) in [6.45, 7) is 8.07. The maximum atomic E-state index is 5.97. The minimum absolute atomic E-state index is 0.898. The van der Waals surface area contributed by atoms with E-state index in [4.69, 9.17) is 4.74 Å². The third kappa shape index (κ3) is 5.08. The Hall–Kier alpha value is -1.84. The van der Waals surface area contributed by atoms with Crippen molar-refractivity contribution in [3.8, 4) is 11.5 Å². The Balaban J connectivity index is 1.49. The van der Waals surface area contributed by atoms with Crippen LogP contribution in [-0.2, 0) is 6.42 Å². The van der Waals surface area contributed by atoms with Gasteiger partial charge in [-0.2, -0.15) is 0 Å². The van der Waals surface area contributed by atoms with Crippen LogP contribution in [0.2, 0.25) is 0 Å². The number of aryl methyl sites for hydroxylation is 2. The van der Waals surface area contributed by atoms with Crippen molar-refractivity contribution >= 4 is 0 Å². The highest BCUT2D eigenvalue weighted by atomic mass is 16.5. The Morgan fingerprint density at radius 3 is 2.42 bits per heavy atom. The molecule has 2 aromatic rings. The van der Waals surface area contributed by atoms with Crippen molar-refractivity contribution in [3.05, 3.63) is 59.7 Å². The standard InChI is InChI=1S/C21H28N2O/c1-18-8-10-20(11-9-18)24-21-7-3-5-19(17-21)6-4-12-23-15-13-22(2)14-16-23/h3,5,7-11,17H,4,6,12-16H2,1-2H3. The summed E-state index contributed by atoms with van der Waals surface area (Å²) < 4.78 is 5.97. The van der Waals surface area contributed by atoms with Crippen molar-refractivity contribution in [2.45, 2.75) is 19.8 Å². The molecule has 0 saturated carbocycles. The quantitative estimate of drug-likeness (QED) is 0.800. The van der Waals surface area contributed by atoms with Crippen LogP contribution in [0.1, 0.15) is 17.5 Å². The summed E-state index contributed by atoms with van der Waals surface area (Å²) >= 11 is 0. The number of hydrogen-bond acceptors (Lipinski definition) is 3. The molecule has 0 unspecified atom stereocenters. The molecule has 1 aliphatic rings. The Bertz CT molecular complexity index is 631. The molecular weight excluding hydrogens is 296 g/mol. The molecule has 0 amide bonds. The van der Waals surface area contributed by atoms with Crippen molar-refractivity contribution in [2.24, 2.45) is 0 Å². The molecule has 0 aromatic heterocycles. The molecule has 3 nitrogen and oxygen atoms in total. The Labute approximate surface area is 145 Å². The molecule has 1 fully saturated rings. The highest BCUT2D eigenvalue weighted by molar-refractivity contribution is 5.35. The van der Waals surface area contributed by atoms with Gasteiger partial charge in [0.15, 0.2) is 0 Å². The number of piperazine rings is 1. The van der Waals surface area contributed by atoms with Gasteiger partial charge in [-0.15, -0.1) is 0 Å². The monoisotopic (exact) mass is 324 g/mol. The van der Waals surface area contributed by atoms with E-state index in [1.54, 1.807) is 0 Å². The molecule has 0 spiro atoms. The van der Waals surface area contributed by atoms with E-state index in [-0.39, 0.29) is 0 Å². The van der Waals surface area contributed by atoms with Crippen LogP contribution < -0.4 is 4.74 Å². The molecule has 24 heavy (non-hydrogen) atoms. The number of rotatable bonds is 6. The Kier molecular flexibility index (Phi) is 5.89. The fraction of sp³-hybridized carbons (Fsp3) is 0.429. The fourth-order valence-corrected chi connectivity index (χ4v) is 3.09. The molecule has 0 atom stereocenters. The summed E-state index contributed by atoms with van der Waals surface area (Å²) in [6.07, 6.45) is 2.31. The van der Waals surface area contributed by atoms with Crippen LogP contribution in [0, 0.1) is 6.92 Å². The number of hydrogen-bond donors (Lipinski definition) is 0. The summed E-state index contributed by atoms with van der Waals surface area (Å²) in [4.78, 5) is 4.98. The van der Waals surface area contributed by atoms with Crippen molar-refractivity contribution in [2.75, 3.05) is 39.8 Å². The minimum Gasteiger partial charge on any atom is -0.457 e. The van der Waals surface area contributed by atoms with E-state index in [0.29, 0.717) is 0 Å². The van der Waals surface area contributed by atoms with Gasteiger partial charge in [0.2, 0.25) is 0 Å². The van der Waals surface area contributed by atoms with Crippen LogP contribution >= 0.6 is 0 Å². The molecule has 3 heteroatoms. The molecule has 0 radical (unpaired) electrons. The Morgan fingerprint density at radius 1 is 0.917 bits per heavy atom. The first-order chi connectivity index (χ1) is 11.7. The highest BCUT2D eigenvalue weighted by Gasteiger charge is 2.12. The molecule has 1 heterocycles. The smallest absolute Gasteiger partial charge is 0.127 e. The zero-order valence-corrected chi connectivity index (χ0v) is 14.9. The van der Waals surface area contributed by atoms with Gasteiger partial charge in [0.1, 0.15) is 11.5 Å². The number of benzene rings is 2. The second-order valence-corrected chi connectivity index (χ2v) is 6.81. The van der Waals surface area contributed by atoms with Crippen molar-refractivity contribution < 1.29 is 4.74 Å². The molecule has 1 aliphatic heterocycles. The third-order valence-electron chi connectivity index (χ3n) is 4.69. The molecule has 0 bridgehead atoms. The van der Waals surface area contributed by atoms with Crippen LogP contribution in [0.5, 0.6) is 11.5 Å². The maximum absolute atomic E-state index is 5.97. The van der Waals surface area contributed by atoms with Crippen LogP contribution in [0.25, 0.3) is 0 Å². The number of nitrogens with zero attached hydrogens (tertiary/aromatic N) is 2. The van der Waals surface area contributed by atoms with Gasteiger partial charge in [-0.3, -0.25) is 0 Å². The maximum Gasteiger partial charge on any atom is 0.127 e. The molecule has 1 saturated heterocycles. The largest absolute Gasteiger partial charge is 0.457 e. The summed E-state index contributed by atoms with van der Waals surface area (Å²) in [6, 6.07) is 16.7. The van der Waals surface area contributed by atoms with Gasteiger partial charge in [-0.05, 0) is 63.2 Å². The van der Waals surface area contributed by atoms with Gasteiger partial charge in [0.25, 0.3) is 0 Å². The fourth-order valence-electron chi connectivity index (χ4n) is 3.09. The van der Waals surface area contributed by atoms with Crippen LogP contribution in [0.3, 0.4) is 0 Å². The lowest BCUT2D eigenvalue weighted by molar-refractivity contribution is 0.153. The average Bonchev–Trinajstić information content (AvgIpc) is 2.59. The zero-order chi connectivity index (χ0) is 16.8. The van der Waals surface area contributed by atoms with Crippen molar-refractivity contribution in [1.82, 2.24) is 9.80 Å². The molecule has 0 aliphatic carbocycles. The summed E-state index contributed by atoms with van der Waals surface area (Å²) in [5.41, 5.74) is 2.61. The lowest BCUT2D eigenvalue weighted by Gasteiger charge is -2.32. The van der Waals surface area contributed by atoms with Gasteiger partial charge in [-0.25, -0.2) is 0 Å². The molecule has 128 valence electrons.